The molecule has 1 aromatic carbocycles. The molecular weight excluding hydrogens is 480 g/mol. The Hall–Kier alpha value is -3.20. The Morgan fingerprint density at radius 3 is 2.68 bits per heavy atom. The number of aromatic nitrogens is 4. The monoisotopic (exact) mass is 520 g/mol. The van der Waals surface area contributed by atoms with Crippen molar-refractivity contribution < 1.29 is 14.3 Å². The molecule has 38 heavy (non-hydrogen) atoms. The number of carbonyl (C=O) groups is 1. The first kappa shape index (κ1) is 26.4. The van der Waals surface area contributed by atoms with E-state index in [9.17, 15) is 4.79 Å². The number of alkyl carbamates (subject to hydrolysis) is 1. The van der Waals surface area contributed by atoms with Gasteiger partial charge in [0.1, 0.15) is 5.60 Å². The number of amides is 1. The zero-order chi connectivity index (χ0) is 26.9. The van der Waals surface area contributed by atoms with Crippen LogP contribution in [0.3, 0.4) is 0 Å². The van der Waals surface area contributed by atoms with Crippen molar-refractivity contribution in [3.05, 3.63) is 36.2 Å². The highest BCUT2D eigenvalue weighted by Crippen LogP contribution is 2.34. The van der Waals surface area contributed by atoms with Crippen LogP contribution in [0.25, 0.3) is 22.2 Å². The van der Waals surface area contributed by atoms with E-state index in [-0.39, 0.29) is 24.4 Å². The molecule has 2 aliphatic rings. The molecule has 3 heterocycles. The molecule has 1 amide bonds. The van der Waals surface area contributed by atoms with Crippen molar-refractivity contribution in [1.29, 1.82) is 0 Å². The lowest BCUT2D eigenvalue weighted by Gasteiger charge is -2.25. The maximum absolute atomic E-state index is 12.1. The van der Waals surface area contributed by atoms with Crippen LogP contribution in [0.15, 0.2) is 30.5 Å². The predicted molar refractivity (Wildman–Crippen MR) is 148 cm³/mol. The maximum atomic E-state index is 12.1. The lowest BCUT2D eigenvalue weighted by atomic mass is 10.0. The van der Waals surface area contributed by atoms with E-state index in [1.54, 1.807) is 6.20 Å². The fourth-order valence-electron chi connectivity index (χ4n) is 5.48. The Morgan fingerprint density at radius 2 is 1.95 bits per heavy atom. The molecule has 0 radical (unpaired) electrons. The third kappa shape index (κ3) is 6.09. The highest BCUT2D eigenvalue weighted by atomic mass is 16.6. The van der Waals surface area contributed by atoms with Crippen LogP contribution in [0.1, 0.15) is 91.0 Å². The SMILES string of the molecule is CC(C)c1c2cc(-c3ccnc(N[C@H]4CC[C@H](NC(=O)OC(C)(C)C)C4)n3)ccc2nn1C1CCCCO1. The number of hydrogen-bond acceptors (Lipinski definition) is 7. The molecule has 3 aromatic rings. The van der Waals surface area contributed by atoms with Gasteiger partial charge in [-0.25, -0.2) is 19.4 Å². The van der Waals surface area contributed by atoms with Crippen LogP contribution in [-0.4, -0.2) is 50.1 Å². The standard InChI is InChI=1S/C29H40N6O3/c1-18(2)26-22-16-19(9-12-24(22)34-35(26)25-8-6-7-15-37-25)23-13-14-30-27(33-23)31-20-10-11-21(17-20)32-28(36)38-29(3,4)5/h9,12-14,16,18,20-21,25H,6-8,10-11,15,17H2,1-5H3,(H,32,36)(H,30,31,33)/t20-,21-,25?/m0/s1. The summed E-state index contributed by atoms with van der Waals surface area (Å²) in [4.78, 5) is 21.4. The first-order chi connectivity index (χ1) is 18.2. The number of fused-ring (bicyclic) bond motifs is 1. The molecule has 3 atom stereocenters. The van der Waals surface area contributed by atoms with Crippen LogP contribution in [-0.2, 0) is 9.47 Å². The van der Waals surface area contributed by atoms with Gasteiger partial charge in [-0.2, -0.15) is 5.10 Å². The Bertz CT molecular complexity index is 1280. The lowest BCUT2D eigenvalue weighted by Crippen LogP contribution is -2.38. The summed E-state index contributed by atoms with van der Waals surface area (Å²) in [5.41, 5.74) is 3.58. The summed E-state index contributed by atoms with van der Waals surface area (Å²) in [5, 5.41) is 12.5. The second kappa shape index (κ2) is 10.9. The molecule has 0 spiro atoms. The number of nitrogens with zero attached hydrogens (tertiary/aromatic N) is 4. The van der Waals surface area contributed by atoms with Gasteiger partial charge < -0.3 is 20.1 Å². The molecule has 5 rings (SSSR count). The van der Waals surface area contributed by atoms with Crippen molar-refractivity contribution in [3.8, 4) is 11.3 Å². The van der Waals surface area contributed by atoms with Gasteiger partial charge in [0.05, 0.1) is 16.9 Å². The molecule has 2 aromatic heterocycles. The van der Waals surface area contributed by atoms with Gasteiger partial charge in [-0.1, -0.05) is 19.9 Å². The largest absolute Gasteiger partial charge is 0.444 e. The van der Waals surface area contributed by atoms with Crippen LogP contribution in [0.4, 0.5) is 10.7 Å². The summed E-state index contributed by atoms with van der Waals surface area (Å²) in [6.45, 7) is 10.8. The summed E-state index contributed by atoms with van der Waals surface area (Å²) in [5.74, 6) is 0.911. The molecule has 2 N–H and O–H groups in total. The van der Waals surface area contributed by atoms with Gasteiger partial charge in [-0.3, -0.25) is 0 Å². The van der Waals surface area contributed by atoms with Crippen molar-refractivity contribution in [2.45, 2.75) is 103 Å². The second-order valence-electron chi connectivity index (χ2n) is 11.8. The van der Waals surface area contributed by atoms with Crippen LogP contribution >= 0.6 is 0 Å². The smallest absolute Gasteiger partial charge is 0.407 e. The van der Waals surface area contributed by atoms with Gasteiger partial charge in [0.25, 0.3) is 0 Å². The van der Waals surface area contributed by atoms with E-state index >= 15 is 0 Å². The van der Waals surface area contributed by atoms with Gasteiger partial charge in [0.2, 0.25) is 5.95 Å². The molecule has 1 saturated carbocycles. The zero-order valence-corrected chi connectivity index (χ0v) is 23.2. The summed E-state index contributed by atoms with van der Waals surface area (Å²) < 4.78 is 13.6. The van der Waals surface area contributed by atoms with E-state index in [0.29, 0.717) is 11.9 Å². The molecular formula is C29H40N6O3. The van der Waals surface area contributed by atoms with E-state index < -0.39 is 5.60 Å². The number of benzene rings is 1. The number of anilines is 1. The molecule has 1 aliphatic heterocycles. The molecule has 1 aliphatic carbocycles. The quantitative estimate of drug-likeness (QED) is 0.400. The Kier molecular flexibility index (Phi) is 7.56. The molecule has 0 bridgehead atoms. The summed E-state index contributed by atoms with van der Waals surface area (Å²) in [6, 6.07) is 8.56. The van der Waals surface area contributed by atoms with Crippen molar-refractivity contribution in [2.75, 3.05) is 11.9 Å². The Morgan fingerprint density at radius 1 is 1.13 bits per heavy atom. The van der Waals surface area contributed by atoms with Crippen LogP contribution in [0.5, 0.6) is 0 Å². The van der Waals surface area contributed by atoms with Gasteiger partial charge in [0, 0.05) is 35.8 Å². The topological polar surface area (TPSA) is 103 Å². The van der Waals surface area contributed by atoms with Crippen LogP contribution in [0.2, 0.25) is 0 Å². The van der Waals surface area contributed by atoms with Crippen molar-refractivity contribution in [1.82, 2.24) is 25.1 Å². The normalized spacial score (nSPS) is 22.1. The van der Waals surface area contributed by atoms with Crippen LogP contribution < -0.4 is 10.6 Å². The van der Waals surface area contributed by atoms with E-state index in [0.717, 1.165) is 60.9 Å². The highest BCUT2D eigenvalue weighted by molar-refractivity contribution is 5.86. The zero-order valence-electron chi connectivity index (χ0n) is 23.2. The molecule has 9 heteroatoms. The van der Waals surface area contributed by atoms with Gasteiger partial charge >= 0.3 is 6.09 Å². The number of nitrogens with one attached hydrogen (secondary N) is 2. The first-order valence-corrected chi connectivity index (χ1v) is 13.9. The maximum Gasteiger partial charge on any atom is 0.407 e. The minimum atomic E-state index is -0.504. The van der Waals surface area contributed by atoms with E-state index in [1.807, 2.05) is 26.8 Å². The summed E-state index contributed by atoms with van der Waals surface area (Å²) in [7, 11) is 0. The highest BCUT2D eigenvalue weighted by Gasteiger charge is 2.28. The van der Waals surface area contributed by atoms with Crippen LogP contribution in [0, 0.1) is 0 Å². The average Bonchev–Trinajstić information content (AvgIpc) is 3.47. The Labute approximate surface area is 224 Å². The summed E-state index contributed by atoms with van der Waals surface area (Å²) in [6.07, 6.45) is 7.34. The minimum Gasteiger partial charge on any atom is -0.444 e. The third-order valence-electron chi connectivity index (χ3n) is 7.15. The fraction of sp³-hybridized carbons (Fsp3) is 0.586. The predicted octanol–water partition coefficient (Wildman–Crippen LogP) is 6.17. The number of hydrogen-bond donors (Lipinski definition) is 2. The number of ether oxygens (including phenoxy) is 2. The third-order valence-corrected chi connectivity index (χ3v) is 7.15. The molecule has 1 saturated heterocycles. The average molecular weight is 521 g/mol. The molecule has 2 fully saturated rings. The Balaban J connectivity index is 1.31. The van der Waals surface area contributed by atoms with Crippen molar-refractivity contribution >= 4 is 22.9 Å². The lowest BCUT2D eigenvalue weighted by molar-refractivity contribution is -0.0410. The molecule has 1 unspecified atom stereocenters. The molecule has 9 nitrogen and oxygen atoms in total. The fourth-order valence-corrected chi connectivity index (χ4v) is 5.48. The minimum absolute atomic E-state index is 0.00639. The van der Waals surface area contributed by atoms with Gasteiger partial charge in [-0.15, -0.1) is 0 Å². The van der Waals surface area contributed by atoms with Crippen molar-refractivity contribution in [3.63, 3.8) is 0 Å². The second-order valence-corrected chi connectivity index (χ2v) is 11.8. The van der Waals surface area contributed by atoms with E-state index in [1.165, 1.54) is 12.1 Å². The van der Waals surface area contributed by atoms with E-state index in [2.05, 4.69) is 52.3 Å². The number of carbonyl (C=O) groups excluding carboxylic acids is 1. The van der Waals surface area contributed by atoms with E-state index in [4.69, 9.17) is 19.6 Å². The first-order valence-electron chi connectivity index (χ1n) is 13.9. The number of rotatable bonds is 6. The van der Waals surface area contributed by atoms with Gasteiger partial charge in [0.15, 0.2) is 6.23 Å². The summed E-state index contributed by atoms with van der Waals surface area (Å²) >= 11 is 0. The van der Waals surface area contributed by atoms with Gasteiger partial charge in [-0.05, 0) is 83.4 Å². The molecule has 204 valence electrons. The van der Waals surface area contributed by atoms with Crippen molar-refractivity contribution in [2.24, 2.45) is 0 Å².